The average Bonchev–Trinajstić information content (AvgIpc) is 2.85. The van der Waals surface area contributed by atoms with Crippen LogP contribution in [0.4, 0.5) is 18.9 Å². The van der Waals surface area contributed by atoms with E-state index in [-0.39, 0.29) is 49.5 Å². The summed E-state index contributed by atoms with van der Waals surface area (Å²) >= 11 is 0. The number of hydrogen-bond donors (Lipinski definition) is 1. The van der Waals surface area contributed by atoms with E-state index in [1.54, 1.807) is 0 Å². The number of carbonyl (C=O) groups is 2. The molecule has 0 aromatic heterocycles. The van der Waals surface area contributed by atoms with Crippen LogP contribution in [0.5, 0.6) is 0 Å². The molecule has 0 saturated heterocycles. The van der Waals surface area contributed by atoms with Crippen molar-refractivity contribution in [3.05, 3.63) is 65.7 Å². The molecule has 0 aliphatic rings. The Bertz CT molecular complexity index is 1170. The number of halogens is 3. The van der Waals surface area contributed by atoms with Gasteiger partial charge in [-0.3, -0.25) is 13.9 Å². The Morgan fingerprint density at radius 1 is 1.00 bits per heavy atom. The summed E-state index contributed by atoms with van der Waals surface area (Å²) in [5.74, 6) is -0.620. The SMILES string of the molecule is CCC(C)NC(=O)C(CC)N(Cc1ccccc1)C(=O)CCCN(c1cccc(C(F)(F)F)c1)S(C)(=O)=O. The minimum Gasteiger partial charge on any atom is -0.352 e. The number of rotatable bonds is 13. The van der Waals surface area contributed by atoms with Crippen molar-refractivity contribution in [1.29, 1.82) is 0 Å². The number of anilines is 1. The molecular weight excluding hydrogens is 519 g/mol. The second kappa shape index (κ2) is 13.6. The summed E-state index contributed by atoms with van der Waals surface area (Å²) in [5, 5.41) is 2.92. The van der Waals surface area contributed by atoms with Crippen molar-refractivity contribution in [1.82, 2.24) is 10.2 Å². The Kier molecular flexibility index (Phi) is 11.2. The van der Waals surface area contributed by atoms with E-state index >= 15 is 0 Å². The molecule has 0 fully saturated rings. The molecule has 0 aliphatic carbocycles. The molecule has 0 bridgehead atoms. The quantitative estimate of drug-likeness (QED) is 0.378. The van der Waals surface area contributed by atoms with E-state index in [1.807, 2.05) is 51.1 Å². The van der Waals surface area contributed by atoms with E-state index in [4.69, 9.17) is 0 Å². The van der Waals surface area contributed by atoms with Crippen LogP contribution in [0.1, 0.15) is 57.6 Å². The lowest BCUT2D eigenvalue weighted by Crippen LogP contribution is -2.50. The molecule has 0 heterocycles. The molecule has 0 radical (unpaired) electrons. The Hall–Kier alpha value is -3.08. The number of hydrogen-bond acceptors (Lipinski definition) is 4. The van der Waals surface area contributed by atoms with Gasteiger partial charge >= 0.3 is 6.18 Å². The van der Waals surface area contributed by atoms with Gasteiger partial charge in [-0.25, -0.2) is 8.42 Å². The van der Waals surface area contributed by atoms with Gasteiger partial charge < -0.3 is 10.2 Å². The number of alkyl halides is 3. The highest BCUT2D eigenvalue weighted by Crippen LogP contribution is 2.32. The molecule has 2 atom stereocenters. The van der Waals surface area contributed by atoms with Crippen molar-refractivity contribution in [2.45, 2.75) is 71.3 Å². The number of nitrogens with zero attached hydrogens (tertiary/aromatic N) is 2. The third-order valence-corrected chi connectivity index (χ3v) is 7.39. The summed E-state index contributed by atoms with van der Waals surface area (Å²) in [6.45, 7) is 5.62. The maximum absolute atomic E-state index is 13.4. The van der Waals surface area contributed by atoms with Crippen LogP contribution in [0, 0.1) is 0 Å². The van der Waals surface area contributed by atoms with Gasteiger partial charge in [0.1, 0.15) is 6.04 Å². The van der Waals surface area contributed by atoms with Gasteiger partial charge in [-0.05, 0) is 49.9 Å². The lowest BCUT2D eigenvalue weighted by molar-refractivity contribution is -0.141. The molecule has 2 aromatic carbocycles. The first-order valence-corrected chi connectivity index (χ1v) is 14.4. The largest absolute Gasteiger partial charge is 0.416 e. The van der Waals surface area contributed by atoms with Crippen LogP contribution in [0.15, 0.2) is 54.6 Å². The van der Waals surface area contributed by atoms with Crippen LogP contribution in [0.2, 0.25) is 0 Å². The summed E-state index contributed by atoms with van der Waals surface area (Å²) in [6.07, 6.45) is -2.66. The predicted molar refractivity (Wildman–Crippen MR) is 142 cm³/mol. The van der Waals surface area contributed by atoms with E-state index in [9.17, 15) is 31.2 Å². The standard InChI is InChI=1S/C27H36F3N3O4S/c1-5-20(3)31-26(35)24(6-2)32(19-21-12-8-7-9-13-21)25(34)16-11-17-33(38(4,36)37)23-15-10-14-22(18-23)27(28,29)30/h7-10,12-15,18,20,24H,5-6,11,16-17,19H2,1-4H3,(H,31,35). The van der Waals surface area contributed by atoms with Crippen LogP contribution < -0.4 is 9.62 Å². The highest BCUT2D eigenvalue weighted by Gasteiger charge is 2.32. The molecule has 2 unspecified atom stereocenters. The summed E-state index contributed by atoms with van der Waals surface area (Å²) in [4.78, 5) is 27.9. The Morgan fingerprint density at radius 2 is 1.66 bits per heavy atom. The molecule has 11 heteroatoms. The highest BCUT2D eigenvalue weighted by atomic mass is 32.2. The van der Waals surface area contributed by atoms with Crippen LogP contribution in [0.25, 0.3) is 0 Å². The van der Waals surface area contributed by atoms with Gasteiger partial charge in [0.05, 0.1) is 17.5 Å². The molecular formula is C27H36F3N3O4S. The van der Waals surface area contributed by atoms with Gasteiger partial charge in [0.25, 0.3) is 0 Å². The minimum absolute atomic E-state index is 0.0524. The van der Waals surface area contributed by atoms with E-state index < -0.39 is 27.8 Å². The summed E-state index contributed by atoms with van der Waals surface area (Å²) in [6, 6.07) is 12.5. The van der Waals surface area contributed by atoms with E-state index in [0.717, 1.165) is 40.7 Å². The molecule has 1 N–H and O–H groups in total. The van der Waals surface area contributed by atoms with Crippen LogP contribution in [0.3, 0.4) is 0 Å². The molecule has 0 aliphatic heterocycles. The third-order valence-electron chi connectivity index (χ3n) is 6.20. The molecule has 210 valence electrons. The predicted octanol–water partition coefficient (Wildman–Crippen LogP) is 4.97. The van der Waals surface area contributed by atoms with Gasteiger partial charge in [-0.1, -0.05) is 50.2 Å². The monoisotopic (exact) mass is 555 g/mol. The molecule has 2 rings (SSSR count). The van der Waals surface area contributed by atoms with Crippen molar-refractivity contribution in [2.75, 3.05) is 17.1 Å². The van der Waals surface area contributed by atoms with Gasteiger partial charge in [0.2, 0.25) is 21.8 Å². The molecule has 7 nitrogen and oxygen atoms in total. The number of carbonyl (C=O) groups excluding carboxylic acids is 2. The Labute approximate surface area is 223 Å². The summed E-state index contributed by atoms with van der Waals surface area (Å²) in [7, 11) is -3.92. The van der Waals surface area contributed by atoms with Crippen molar-refractivity contribution in [3.63, 3.8) is 0 Å². The average molecular weight is 556 g/mol. The zero-order valence-corrected chi connectivity index (χ0v) is 23.0. The maximum atomic E-state index is 13.4. The summed E-state index contributed by atoms with van der Waals surface area (Å²) < 4.78 is 65.2. The fourth-order valence-corrected chi connectivity index (χ4v) is 4.94. The van der Waals surface area contributed by atoms with Gasteiger partial charge in [0.15, 0.2) is 0 Å². The van der Waals surface area contributed by atoms with Gasteiger partial charge in [-0.2, -0.15) is 13.2 Å². The van der Waals surface area contributed by atoms with Crippen molar-refractivity contribution >= 4 is 27.5 Å². The van der Waals surface area contributed by atoms with Crippen LogP contribution in [-0.2, 0) is 32.3 Å². The molecule has 38 heavy (non-hydrogen) atoms. The van der Waals surface area contributed by atoms with Gasteiger partial charge in [0, 0.05) is 25.6 Å². The van der Waals surface area contributed by atoms with Crippen LogP contribution >= 0.6 is 0 Å². The number of sulfonamides is 1. The van der Waals surface area contributed by atoms with Crippen LogP contribution in [-0.4, -0.2) is 50.0 Å². The van der Waals surface area contributed by atoms with Crippen molar-refractivity contribution < 1.29 is 31.2 Å². The smallest absolute Gasteiger partial charge is 0.352 e. The zero-order chi connectivity index (χ0) is 28.5. The summed E-state index contributed by atoms with van der Waals surface area (Å²) in [5.41, 5.74) is -0.264. The maximum Gasteiger partial charge on any atom is 0.416 e. The Balaban J connectivity index is 2.24. The van der Waals surface area contributed by atoms with Crippen molar-refractivity contribution in [2.24, 2.45) is 0 Å². The van der Waals surface area contributed by atoms with Gasteiger partial charge in [-0.15, -0.1) is 0 Å². The lowest BCUT2D eigenvalue weighted by atomic mass is 10.1. The topological polar surface area (TPSA) is 86.8 Å². The first-order valence-electron chi connectivity index (χ1n) is 12.6. The fourth-order valence-electron chi connectivity index (χ4n) is 3.98. The zero-order valence-electron chi connectivity index (χ0n) is 22.2. The second-order valence-corrected chi connectivity index (χ2v) is 11.1. The molecule has 2 amide bonds. The second-order valence-electron chi connectivity index (χ2n) is 9.24. The highest BCUT2D eigenvalue weighted by molar-refractivity contribution is 7.92. The fraction of sp³-hybridized carbons (Fsp3) is 0.481. The number of nitrogens with one attached hydrogen (secondary N) is 1. The van der Waals surface area contributed by atoms with E-state index in [2.05, 4.69) is 5.32 Å². The van der Waals surface area contributed by atoms with E-state index in [0.29, 0.717) is 6.42 Å². The normalized spacial score (nSPS) is 13.4. The van der Waals surface area contributed by atoms with Crippen molar-refractivity contribution in [3.8, 4) is 0 Å². The minimum atomic E-state index is -4.63. The Morgan fingerprint density at radius 3 is 2.21 bits per heavy atom. The first-order chi connectivity index (χ1) is 17.8. The van der Waals surface area contributed by atoms with E-state index in [1.165, 1.54) is 11.0 Å². The molecule has 0 saturated carbocycles. The number of amides is 2. The first kappa shape index (κ1) is 31.1. The molecule has 0 spiro atoms. The lowest BCUT2D eigenvalue weighted by Gasteiger charge is -2.32. The molecule has 2 aromatic rings. The third kappa shape index (κ3) is 9.04. The number of benzene rings is 2.